The molecule has 0 aromatic carbocycles. The summed E-state index contributed by atoms with van der Waals surface area (Å²) in [5, 5.41) is 2.92. The average Bonchev–Trinajstić information content (AvgIpc) is 2.42. The van der Waals surface area contributed by atoms with Crippen LogP contribution in [0.3, 0.4) is 0 Å². The highest BCUT2D eigenvalue weighted by Crippen LogP contribution is 2.18. The Morgan fingerprint density at radius 3 is 2.62 bits per heavy atom. The molecule has 0 aromatic rings. The number of rotatable bonds is 3. The minimum Gasteiger partial charge on any atom is -0.444 e. The Hall–Kier alpha value is -1.46. The predicted octanol–water partition coefficient (Wildman–Crippen LogP) is 2.29. The molecule has 0 unspecified atom stereocenters. The lowest BCUT2D eigenvalue weighted by Crippen LogP contribution is -2.47. The maximum absolute atomic E-state index is 12.1. The summed E-state index contributed by atoms with van der Waals surface area (Å²) in [7, 11) is 1.77. The van der Waals surface area contributed by atoms with Crippen LogP contribution in [0.2, 0.25) is 0 Å². The monoisotopic (exact) mass is 299 g/mol. The molecular formula is C15H29N3O3. The molecule has 0 saturated carbocycles. The summed E-state index contributed by atoms with van der Waals surface area (Å²) in [6, 6.07) is -0.0631. The highest BCUT2D eigenvalue weighted by Gasteiger charge is 2.27. The Morgan fingerprint density at radius 1 is 1.38 bits per heavy atom. The van der Waals surface area contributed by atoms with Gasteiger partial charge in [-0.1, -0.05) is 0 Å². The molecule has 1 aliphatic heterocycles. The molecule has 1 N–H and O–H groups in total. The fourth-order valence-corrected chi connectivity index (χ4v) is 2.23. The molecule has 0 aliphatic carbocycles. The highest BCUT2D eigenvalue weighted by atomic mass is 16.6. The van der Waals surface area contributed by atoms with Gasteiger partial charge >= 0.3 is 12.1 Å². The maximum atomic E-state index is 12.1. The summed E-state index contributed by atoms with van der Waals surface area (Å²) < 4.78 is 5.40. The number of amides is 3. The number of nitrogens with zero attached hydrogens (tertiary/aromatic N) is 2. The largest absolute Gasteiger partial charge is 0.444 e. The van der Waals surface area contributed by atoms with Crippen molar-refractivity contribution in [3.63, 3.8) is 0 Å². The van der Waals surface area contributed by atoms with Crippen molar-refractivity contribution in [2.24, 2.45) is 5.92 Å². The van der Waals surface area contributed by atoms with Crippen LogP contribution in [0.25, 0.3) is 0 Å². The van der Waals surface area contributed by atoms with Crippen molar-refractivity contribution in [1.82, 2.24) is 15.1 Å². The van der Waals surface area contributed by atoms with E-state index >= 15 is 0 Å². The smallest absolute Gasteiger partial charge is 0.410 e. The highest BCUT2D eigenvalue weighted by molar-refractivity contribution is 5.73. The van der Waals surface area contributed by atoms with E-state index in [4.69, 9.17) is 4.74 Å². The Balaban J connectivity index is 2.42. The van der Waals surface area contributed by atoms with E-state index in [9.17, 15) is 9.59 Å². The number of nitrogens with one attached hydrogen (secondary N) is 1. The van der Waals surface area contributed by atoms with Crippen LogP contribution < -0.4 is 5.32 Å². The van der Waals surface area contributed by atoms with Crippen molar-refractivity contribution in [3.8, 4) is 0 Å². The van der Waals surface area contributed by atoms with Crippen LogP contribution in [-0.4, -0.2) is 60.8 Å². The summed E-state index contributed by atoms with van der Waals surface area (Å²) in [5.74, 6) is 0.292. The van der Waals surface area contributed by atoms with Gasteiger partial charge in [-0.2, -0.15) is 0 Å². The van der Waals surface area contributed by atoms with Gasteiger partial charge in [-0.05, 0) is 46.5 Å². The Bertz CT molecular complexity index is 366. The average molecular weight is 299 g/mol. The Kier molecular flexibility index (Phi) is 6.30. The van der Waals surface area contributed by atoms with Crippen molar-refractivity contribution in [3.05, 3.63) is 0 Å². The molecule has 1 heterocycles. The van der Waals surface area contributed by atoms with E-state index in [0.29, 0.717) is 25.6 Å². The van der Waals surface area contributed by atoms with Crippen molar-refractivity contribution in [2.45, 2.75) is 46.1 Å². The van der Waals surface area contributed by atoms with Crippen LogP contribution in [-0.2, 0) is 4.74 Å². The molecule has 0 spiro atoms. The van der Waals surface area contributed by atoms with Crippen LogP contribution in [0.5, 0.6) is 0 Å². The van der Waals surface area contributed by atoms with Crippen molar-refractivity contribution in [2.75, 3.05) is 33.2 Å². The molecule has 0 radical (unpaired) electrons. The van der Waals surface area contributed by atoms with E-state index in [1.807, 2.05) is 27.7 Å². The molecule has 6 heteroatoms. The topological polar surface area (TPSA) is 61.9 Å². The SMILES string of the molecule is CCN(C)C(=O)NC[C@H]1CCCN(C(=O)OC(C)(C)C)C1. The third kappa shape index (κ3) is 6.23. The Labute approximate surface area is 127 Å². The van der Waals surface area contributed by atoms with Gasteiger partial charge in [0.25, 0.3) is 0 Å². The lowest BCUT2D eigenvalue weighted by Gasteiger charge is -2.34. The van der Waals surface area contributed by atoms with Gasteiger partial charge in [0.15, 0.2) is 0 Å². The normalized spacial score (nSPS) is 19.1. The van der Waals surface area contributed by atoms with Crippen LogP contribution >= 0.6 is 0 Å². The second-order valence-electron chi connectivity index (χ2n) is 6.63. The molecule has 1 atom stereocenters. The van der Waals surface area contributed by atoms with E-state index in [1.54, 1.807) is 16.8 Å². The number of carbonyl (C=O) groups is 2. The molecule has 122 valence electrons. The van der Waals surface area contributed by atoms with Crippen molar-refractivity contribution >= 4 is 12.1 Å². The van der Waals surface area contributed by atoms with Crippen LogP contribution in [0, 0.1) is 5.92 Å². The van der Waals surface area contributed by atoms with E-state index in [-0.39, 0.29) is 12.1 Å². The molecule has 1 rings (SSSR count). The quantitative estimate of drug-likeness (QED) is 0.869. The fraction of sp³-hybridized carbons (Fsp3) is 0.867. The lowest BCUT2D eigenvalue weighted by atomic mass is 9.98. The Morgan fingerprint density at radius 2 is 2.05 bits per heavy atom. The number of ether oxygens (including phenoxy) is 1. The fourth-order valence-electron chi connectivity index (χ4n) is 2.23. The van der Waals surface area contributed by atoms with Crippen molar-refractivity contribution < 1.29 is 14.3 Å². The molecule has 0 aromatic heterocycles. The molecular weight excluding hydrogens is 270 g/mol. The van der Waals surface area contributed by atoms with Crippen LogP contribution in [0.15, 0.2) is 0 Å². The number of hydrogen-bond acceptors (Lipinski definition) is 3. The number of urea groups is 1. The van der Waals surface area contributed by atoms with Gasteiger partial charge in [0, 0.05) is 33.2 Å². The standard InChI is InChI=1S/C15H29N3O3/c1-6-17(5)13(19)16-10-12-8-7-9-18(11-12)14(20)21-15(2,3)4/h12H,6-11H2,1-5H3,(H,16,19)/t12-/m1/s1. The van der Waals surface area contributed by atoms with E-state index in [0.717, 1.165) is 19.4 Å². The van der Waals surface area contributed by atoms with Crippen LogP contribution in [0.4, 0.5) is 9.59 Å². The second-order valence-corrected chi connectivity index (χ2v) is 6.63. The van der Waals surface area contributed by atoms with Gasteiger partial charge in [-0.15, -0.1) is 0 Å². The van der Waals surface area contributed by atoms with Gasteiger partial charge in [-0.25, -0.2) is 9.59 Å². The maximum Gasteiger partial charge on any atom is 0.410 e. The number of hydrogen-bond donors (Lipinski definition) is 1. The third-order valence-electron chi connectivity index (χ3n) is 3.53. The molecule has 3 amide bonds. The molecule has 1 saturated heterocycles. The number of piperidine rings is 1. The first-order valence-electron chi connectivity index (χ1n) is 7.70. The molecule has 1 aliphatic rings. The van der Waals surface area contributed by atoms with Gasteiger partial charge in [-0.3, -0.25) is 0 Å². The van der Waals surface area contributed by atoms with E-state index in [1.165, 1.54) is 0 Å². The van der Waals surface area contributed by atoms with Gasteiger partial charge in [0.1, 0.15) is 5.60 Å². The van der Waals surface area contributed by atoms with Crippen LogP contribution in [0.1, 0.15) is 40.5 Å². The van der Waals surface area contributed by atoms with Gasteiger partial charge in [0.05, 0.1) is 0 Å². The molecule has 1 fully saturated rings. The van der Waals surface area contributed by atoms with E-state index < -0.39 is 5.60 Å². The lowest BCUT2D eigenvalue weighted by molar-refractivity contribution is 0.0167. The summed E-state index contributed by atoms with van der Waals surface area (Å²) in [4.78, 5) is 27.2. The third-order valence-corrected chi connectivity index (χ3v) is 3.53. The predicted molar refractivity (Wildman–Crippen MR) is 82.2 cm³/mol. The summed E-state index contributed by atoms with van der Waals surface area (Å²) in [5.41, 5.74) is -0.470. The zero-order valence-corrected chi connectivity index (χ0v) is 13.9. The zero-order valence-electron chi connectivity index (χ0n) is 13.9. The molecule has 6 nitrogen and oxygen atoms in total. The number of likely N-dealkylation sites (tertiary alicyclic amines) is 1. The first-order valence-corrected chi connectivity index (χ1v) is 7.70. The first-order chi connectivity index (χ1) is 9.73. The van der Waals surface area contributed by atoms with Crippen molar-refractivity contribution in [1.29, 1.82) is 0 Å². The minimum absolute atomic E-state index is 0.0631. The molecule has 21 heavy (non-hydrogen) atoms. The summed E-state index contributed by atoms with van der Waals surface area (Å²) >= 11 is 0. The van der Waals surface area contributed by atoms with Gasteiger partial charge < -0.3 is 19.9 Å². The molecule has 0 bridgehead atoms. The second kappa shape index (κ2) is 7.52. The summed E-state index contributed by atoms with van der Waals surface area (Å²) in [6.45, 7) is 10.2. The minimum atomic E-state index is -0.470. The first kappa shape index (κ1) is 17.6. The van der Waals surface area contributed by atoms with E-state index in [2.05, 4.69) is 5.32 Å². The van der Waals surface area contributed by atoms with Gasteiger partial charge in [0.2, 0.25) is 0 Å². The number of carbonyl (C=O) groups excluding carboxylic acids is 2. The summed E-state index contributed by atoms with van der Waals surface area (Å²) in [6.07, 6.45) is 1.71. The zero-order chi connectivity index (χ0) is 16.0.